The zero-order valence-corrected chi connectivity index (χ0v) is 17.8. The van der Waals surface area contributed by atoms with E-state index >= 15 is 0 Å². The van der Waals surface area contributed by atoms with E-state index < -0.39 is 0 Å². The molecule has 0 atom stereocenters. The van der Waals surface area contributed by atoms with Gasteiger partial charge in [0, 0.05) is 61.0 Å². The number of aromatic nitrogens is 1. The van der Waals surface area contributed by atoms with Gasteiger partial charge in [0.05, 0.1) is 0 Å². The van der Waals surface area contributed by atoms with Crippen LogP contribution < -0.4 is 9.47 Å². The molecule has 1 saturated heterocycles. The fourth-order valence-electron chi connectivity index (χ4n) is 4.35. The summed E-state index contributed by atoms with van der Waals surface area (Å²) in [6.45, 7) is 6.65. The Morgan fingerprint density at radius 3 is 2.74 bits per heavy atom. The van der Waals surface area contributed by atoms with Crippen LogP contribution in [0.15, 0.2) is 48.5 Å². The number of aromatic amines is 1. The Morgan fingerprint density at radius 1 is 1.06 bits per heavy atom. The van der Waals surface area contributed by atoms with E-state index in [0.717, 1.165) is 72.8 Å². The number of amides is 1. The predicted molar refractivity (Wildman–Crippen MR) is 121 cm³/mol. The number of para-hydroxylation sites is 1. The van der Waals surface area contributed by atoms with Gasteiger partial charge in [-0.25, -0.2) is 0 Å². The van der Waals surface area contributed by atoms with Crippen molar-refractivity contribution in [1.29, 1.82) is 0 Å². The number of ether oxygens (including phenoxy) is 2. The molecule has 0 bridgehead atoms. The number of fused-ring (bicyclic) bond motifs is 2. The van der Waals surface area contributed by atoms with Gasteiger partial charge in [-0.05, 0) is 43.2 Å². The van der Waals surface area contributed by atoms with Crippen molar-refractivity contribution in [2.24, 2.45) is 0 Å². The average Bonchev–Trinajstić information content (AvgIpc) is 3.39. The first kappa shape index (κ1) is 19.7. The van der Waals surface area contributed by atoms with Crippen molar-refractivity contribution in [1.82, 2.24) is 14.8 Å². The zero-order chi connectivity index (χ0) is 21.2. The van der Waals surface area contributed by atoms with Crippen molar-refractivity contribution in [3.8, 4) is 11.5 Å². The quantitative estimate of drug-likeness (QED) is 0.645. The molecular formula is C25H27N3O3. The molecule has 0 aliphatic carbocycles. The van der Waals surface area contributed by atoms with E-state index in [9.17, 15) is 4.79 Å². The van der Waals surface area contributed by atoms with Crippen molar-refractivity contribution in [3.05, 3.63) is 65.4 Å². The molecule has 2 aromatic carbocycles. The highest BCUT2D eigenvalue weighted by atomic mass is 16.7. The first-order valence-corrected chi connectivity index (χ1v) is 10.8. The fraction of sp³-hybridized carbons (Fsp3) is 0.320. The summed E-state index contributed by atoms with van der Waals surface area (Å²) >= 11 is 0. The number of rotatable bonds is 5. The average molecular weight is 418 g/mol. The van der Waals surface area contributed by atoms with Gasteiger partial charge in [-0.2, -0.15) is 0 Å². The van der Waals surface area contributed by atoms with Crippen LogP contribution in [0.2, 0.25) is 0 Å². The Bertz CT molecular complexity index is 1130. The molecule has 31 heavy (non-hydrogen) atoms. The highest BCUT2D eigenvalue weighted by Crippen LogP contribution is 2.32. The van der Waals surface area contributed by atoms with Crippen molar-refractivity contribution in [2.45, 2.75) is 13.3 Å². The molecule has 3 aromatic rings. The van der Waals surface area contributed by atoms with Crippen LogP contribution in [0.25, 0.3) is 17.0 Å². The minimum Gasteiger partial charge on any atom is -0.454 e. The first-order chi connectivity index (χ1) is 15.2. The SMILES string of the molecule is Cc1[nH]c2ccccc2c1/C=C/C(=O)N1CCN(CCc2ccc3c(c2)OCO3)CC1. The van der Waals surface area contributed by atoms with E-state index in [0.29, 0.717) is 6.79 Å². The van der Waals surface area contributed by atoms with Gasteiger partial charge in [-0.3, -0.25) is 9.69 Å². The Balaban J connectivity index is 1.13. The second-order valence-corrected chi connectivity index (χ2v) is 8.15. The number of hydrogen-bond acceptors (Lipinski definition) is 4. The van der Waals surface area contributed by atoms with Crippen LogP contribution in [-0.2, 0) is 11.2 Å². The Labute approximate surface area is 182 Å². The van der Waals surface area contributed by atoms with Gasteiger partial charge in [0.25, 0.3) is 0 Å². The lowest BCUT2D eigenvalue weighted by Gasteiger charge is -2.34. The van der Waals surface area contributed by atoms with Gasteiger partial charge < -0.3 is 19.4 Å². The van der Waals surface area contributed by atoms with E-state index in [1.807, 2.05) is 36.1 Å². The lowest BCUT2D eigenvalue weighted by molar-refractivity contribution is -0.127. The summed E-state index contributed by atoms with van der Waals surface area (Å²) in [4.78, 5) is 20.5. The number of benzene rings is 2. The maximum Gasteiger partial charge on any atom is 0.246 e. The van der Waals surface area contributed by atoms with Crippen LogP contribution in [0.3, 0.4) is 0 Å². The van der Waals surface area contributed by atoms with Gasteiger partial charge in [0.2, 0.25) is 12.7 Å². The third-order valence-electron chi connectivity index (χ3n) is 6.17. The molecule has 6 nitrogen and oxygen atoms in total. The maximum atomic E-state index is 12.7. The van der Waals surface area contributed by atoms with Crippen LogP contribution >= 0.6 is 0 Å². The third-order valence-corrected chi connectivity index (χ3v) is 6.17. The fourth-order valence-corrected chi connectivity index (χ4v) is 4.35. The largest absolute Gasteiger partial charge is 0.454 e. The summed E-state index contributed by atoms with van der Waals surface area (Å²) in [7, 11) is 0. The van der Waals surface area contributed by atoms with Gasteiger partial charge in [0.1, 0.15) is 0 Å². The van der Waals surface area contributed by atoms with Crippen LogP contribution in [-0.4, -0.2) is 60.2 Å². The summed E-state index contributed by atoms with van der Waals surface area (Å²) in [5.74, 6) is 1.75. The molecule has 1 N–H and O–H groups in total. The minimum atomic E-state index is 0.0834. The van der Waals surface area contributed by atoms with Crippen molar-refractivity contribution in [2.75, 3.05) is 39.5 Å². The van der Waals surface area contributed by atoms with E-state index in [2.05, 4.69) is 34.1 Å². The van der Waals surface area contributed by atoms with E-state index in [1.54, 1.807) is 6.08 Å². The normalized spacial score (nSPS) is 16.5. The second-order valence-electron chi connectivity index (χ2n) is 8.15. The standard InChI is InChI=1S/C25H27N3O3/c1-18-20(21-4-2-3-5-22(21)26-18)7-9-25(29)28-14-12-27(13-15-28)11-10-19-6-8-23-24(16-19)31-17-30-23/h2-9,16,26H,10-15,17H2,1H3/b9-7+. The van der Waals surface area contributed by atoms with Crippen molar-refractivity contribution >= 4 is 22.9 Å². The molecule has 2 aliphatic heterocycles. The Kier molecular flexibility index (Phi) is 5.38. The summed E-state index contributed by atoms with van der Waals surface area (Å²) in [6.07, 6.45) is 4.62. The smallest absolute Gasteiger partial charge is 0.246 e. The number of aryl methyl sites for hydroxylation is 1. The van der Waals surface area contributed by atoms with Gasteiger partial charge in [0.15, 0.2) is 11.5 Å². The van der Waals surface area contributed by atoms with Crippen molar-refractivity contribution < 1.29 is 14.3 Å². The molecule has 6 heteroatoms. The maximum absolute atomic E-state index is 12.7. The highest BCUT2D eigenvalue weighted by molar-refractivity contribution is 5.97. The van der Waals surface area contributed by atoms with Crippen molar-refractivity contribution in [3.63, 3.8) is 0 Å². The van der Waals surface area contributed by atoms with E-state index in [4.69, 9.17) is 9.47 Å². The van der Waals surface area contributed by atoms with Crippen LogP contribution in [0, 0.1) is 6.92 Å². The van der Waals surface area contributed by atoms with E-state index in [-0.39, 0.29) is 5.91 Å². The minimum absolute atomic E-state index is 0.0834. The molecule has 0 unspecified atom stereocenters. The predicted octanol–water partition coefficient (Wildman–Crippen LogP) is 3.61. The van der Waals surface area contributed by atoms with Crippen LogP contribution in [0.4, 0.5) is 0 Å². The molecule has 0 spiro atoms. The summed E-state index contributed by atoms with van der Waals surface area (Å²) in [5.41, 5.74) is 4.52. The number of carbonyl (C=O) groups is 1. The lowest BCUT2D eigenvalue weighted by atomic mass is 10.1. The van der Waals surface area contributed by atoms with Gasteiger partial charge >= 0.3 is 0 Å². The summed E-state index contributed by atoms with van der Waals surface area (Å²) in [5, 5.41) is 1.15. The lowest BCUT2D eigenvalue weighted by Crippen LogP contribution is -2.48. The van der Waals surface area contributed by atoms with Gasteiger partial charge in [-0.15, -0.1) is 0 Å². The molecule has 160 valence electrons. The van der Waals surface area contributed by atoms with E-state index in [1.165, 1.54) is 5.56 Å². The molecule has 1 amide bonds. The number of nitrogens with one attached hydrogen (secondary N) is 1. The highest BCUT2D eigenvalue weighted by Gasteiger charge is 2.20. The number of carbonyl (C=O) groups excluding carboxylic acids is 1. The molecule has 2 aliphatic rings. The third kappa shape index (κ3) is 4.16. The Morgan fingerprint density at radius 2 is 1.87 bits per heavy atom. The summed E-state index contributed by atoms with van der Waals surface area (Å²) in [6, 6.07) is 14.3. The molecule has 1 aromatic heterocycles. The number of hydrogen-bond donors (Lipinski definition) is 1. The topological polar surface area (TPSA) is 57.8 Å². The van der Waals surface area contributed by atoms with Crippen LogP contribution in [0.1, 0.15) is 16.8 Å². The molecular weight excluding hydrogens is 390 g/mol. The zero-order valence-electron chi connectivity index (χ0n) is 17.8. The van der Waals surface area contributed by atoms with Gasteiger partial charge in [-0.1, -0.05) is 24.3 Å². The molecule has 3 heterocycles. The Hall–Kier alpha value is -3.25. The summed E-state index contributed by atoms with van der Waals surface area (Å²) < 4.78 is 10.8. The van der Waals surface area contributed by atoms with Crippen LogP contribution in [0.5, 0.6) is 11.5 Å². The molecule has 0 saturated carbocycles. The molecule has 5 rings (SSSR count). The molecule has 1 fully saturated rings. The number of H-pyrrole nitrogens is 1. The first-order valence-electron chi connectivity index (χ1n) is 10.8. The monoisotopic (exact) mass is 417 g/mol. The number of nitrogens with zero attached hydrogens (tertiary/aromatic N) is 2. The second kappa shape index (κ2) is 8.47. The molecule has 0 radical (unpaired) electrons. The number of piperazine rings is 1.